The maximum atomic E-state index is 5.85. The Morgan fingerprint density at radius 3 is 2.79 bits per heavy atom. The van der Waals surface area contributed by atoms with Crippen molar-refractivity contribution >= 4 is 38.9 Å². The Morgan fingerprint density at radius 2 is 2.21 bits per heavy atom. The van der Waals surface area contributed by atoms with E-state index in [4.69, 9.17) is 11.6 Å². The van der Waals surface area contributed by atoms with Crippen molar-refractivity contribution in [2.75, 3.05) is 0 Å². The lowest BCUT2D eigenvalue weighted by molar-refractivity contribution is 1.37. The summed E-state index contributed by atoms with van der Waals surface area (Å²) in [5.74, 6) is 0. The minimum absolute atomic E-state index is 0.595. The number of benzene rings is 1. The highest BCUT2D eigenvalue weighted by molar-refractivity contribution is 9.10. The number of rotatable bonds is 1. The van der Waals surface area contributed by atoms with Crippen molar-refractivity contribution in [2.24, 2.45) is 0 Å². The van der Waals surface area contributed by atoms with Gasteiger partial charge in [-0.05, 0) is 19.1 Å². The summed E-state index contributed by atoms with van der Waals surface area (Å²) in [7, 11) is 0. The molecule has 0 aliphatic rings. The summed E-state index contributed by atoms with van der Waals surface area (Å²) in [5.41, 5.74) is 2.07. The van der Waals surface area contributed by atoms with Gasteiger partial charge in [-0.25, -0.2) is 4.98 Å². The molecular formula is C10H7BrClNS. The molecule has 0 amide bonds. The van der Waals surface area contributed by atoms with Gasteiger partial charge in [-0.2, -0.15) is 0 Å². The smallest absolute Gasteiger partial charge is 0.184 e. The third-order valence-corrected chi connectivity index (χ3v) is 3.44. The van der Waals surface area contributed by atoms with Crippen LogP contribution in [0.1, 0.15) is 4.88 Å². The number of nitrogens with zero attached hydrogens (tertiary/aromatic N) is 1. The fourth-order valence-electron chi connectivity index (χ4n) is 1.27. The van der Waals surface area contributed by atoms with Gasteiger partial charge in [-0.15, -0.1) is 11.3 Å². The maximum Gasteiger partial charge on any atom is 0.184 e. The second-order valence-corrected chi connectivity index (χ2v) is 5.58. The average molecular weight is 289 g/mol. The molecule has 0 atom stereocenters. The molecule has 2 aromatic rings. The van der Waals surface area contributed by atoms with Crippen LogP contribution in [0.5, 0.6) is 0 Å². The molecule has 0 fully saturated rings. The molecule has 0 aliphatic heterocycles. The van der Waals surface area contributed by atoms with Crippen LogP contribution >= 0.6 is 38.9 Å². The molecule has 4 heteroatoms. The topological polar surface area (TPSA) is 12.9 Å². The fraction of sp³-hybridized carbons (Fsp3) is 0.100. The Hall–Kier alpha value is -0.380. The van der Waals surface area contributed by atoms with E-state index in [1.807, 2.05) is 31.2 Å². The standard InChI is InChI=1S/C10H7BrClNS/c1-6-9(13-10(12)14-6)7-3-2-4-8(11)5-7/h2-5H,1H3. The summed E-state index contributed by atoms with van der Waals surface area (Å²) < 4.78 is 1.65. The lowest BCUT2D eigenvalue weighted by atomic mass is 10.1. The van der Waals surface area contributed by atoms with Gasteiger partial charge in [-0.1, -0.05) is 39.7 Å². The van der Waals surface area contributed by atoms with Crippen LogP contribution in [0.2, 0.25) is 4.47 Å². The van der Waals surface area contributed by atoms with Gasteiger partial charge in [0.1, 0.15) is 0 Å². The summed E-state index contributed by atoms with van der Waals surface area (Å²) in [5, 5.41) is 0. The predicted octanol–water partition coefficient (Wildman–Crippen LogP) is 4.53. The molecule has 0 saturated carbocycles. The van der Waals surface area contributed by atoms with Crippen LogP contribution < -0.4 is 0 Å². The van der Waals surface area contributed by atoms with E-state index in [9.17, 15) is 0 Å². The highest BCUT2D eigenvalue weighted by atomic mass is 79.9. The van der Waals surface area contributed by atoms with Crippen molar-refractivity contribution < 1.29 is 0 Å². The molecule has 72 valence electrons. The zero-order valence-electron chi connectivity index (χ0n) is 7.42. The molecule has 0 N–H and O–H groups in total. The van der Waals surface area contributed by atoms with Crippen molar-refractivity contribution in [3.05, 3.63) is 38.1 Å². The number of aromatic nitrogens is 1. The monoisotopic (exact) mass is 287 g/mol. The van der Waals surface area contributed by atoms with E-state index in [1.54, 1.807) is 0 Å². The van der Waals surface area contributed by atoms with E-state index < -0.39 is 0 Å². The maximum absolute atomic E-state index is 5.85. The molecule has 0 unspecified atom stereocenters. The predicted molar refractivity (Wildman–Crippen MR) is 65.0 cm³/mol. The van der Waals surface area contributed by atoms with Crippen LogP contribution in [-0.2, 0) is 0 Å². The number of hydrogen-bond donors (Lipinski definition) is 0. The molecule has 2 rings (SSSR count). The molecule has 0 aliphatic carbocycles. The normalized spacial score (nSPS) is 10.5. The van der Waals surface area contributed by atoms with Crippen LogP contribution in [0.4, 0.5) is 0 Å². The molecule has 1 nitrogen and oxygen atoms in total. The highest BCUT2D eigenvalue weighted by Gasteiger charge is 2.08. The number of hydrogen-bond acceptors (Lipinski definition) is 2. The fourth-order valence-corrected chi connectivity index (χ4v) is 2.75. The van der Waals surface area contributed by atoms with Crippen molar-refractivity contribution in [2.45, 2.75) is 6.92 Å². The molecule has 1 heterocycles. The Labute approximate surface area is 99.9 Å². The SMILES string of the molecule is Cc1sc(Cl)nc1-c1cccc(Br)c1. The van der Waals surface area contributed by atoms with E-state index in [0.29, 0.717) is 4.47 Å². The van der Waals surface area contributed by atoms with Crippen molar-refractivity contribution in [3.63, 3.8) is 0 Å². The average Bonchev–Trinajstić information content (AvgIpc) is 2.45. The van der Waals surface area contributed by atoms with Gasteiger partial charge in [0.2, 0.25) is 0 Å². The first kappa shape index (κ1) is 10.1. The molecule has 0 saturated heterocycles. The van der Waals surface area contributed by atoms with Gasteiger partial charge >= 0.3 is 0 Å². The summed E-state index contributed by atoms with van der Waals surface area (Å²) >= 11 is 10.8. The van der Waals surface area contributed by atoms with Gasteiger partial charge in [0, 0.05) is 14.9 Å². The van der Waals surface area contributed by atoms with Crippen LogP contribution in [0.3, 0.4) is 0 Å². The third-order valence-electron chi connectivity index (χ3n) is 1.87. The first-order chi connectivity index (χ1) is 6.66. The Morgan fingerprint density at radius 1 is 1.43 bits per heavy atom. The first-order valence-electron chi connectivity index (χ1n) is 4.05. The first-order valence-corrected chi connectivity index (χ1v) is 6.04. The van der Waals surface area contributed by atoms with Crippen LogP contribution in [0, 0.1) is 6.92 Å². The molecule has 1 aromatic carbocycles. The summed E-state index contributed by atoms with van der Waals surface area (Å²) in [6, 6.07) is 8.06. The van der Waals surface area contributed by atoms with E-state index in [2.05, 4.69) is 20.9 Å². The lowest BCUT2D eigenvalue weighted by Crippen LogP contribution is -1.79. The number of thiazole rings is 1. The van der Waals surface area contributed by atoms with E-state index in [1.165, 1.54) is 11.3 Å². The van der Waals surface area contributed by atoms with Gasteiger partial charge in [0.05, 0.1) is 5.69 Å². The van der Waals surface area contributed by atoms with Gasteiger partial charge < -0.3 is 0 Å². The minimum Gasteiger partial charge on any atom is -0.225 e. The number of halogens is 2. The van der Waals surface area contributed by atoms with Gasteiger partial charge in [-0.3, -0.25) is 0 Å². The zero-order chi connectivity index (χ0) is 10.1. The number of aryl methyl sites for hydroxylation is 1. The Bertz CT molecular complexity index is 467. The van der Waals surface area contributed by atoms with E-state index in [-0.39, 0.29) is 0 Å². The van der Waals surface area contributed by atoms with Crippen LogP contribution in [0.25, 0.3) is 11.3 Å². The Kier molecular flexibility index (Phi) is 2.91. The quantitative estimate of drug-likeness (QED) is 0.751. The highest BCUT2D eigenvalue weighted by Crippen LogP contribution is 2.31. The van der Waals surface area contributed by atoms with Gasteiger partial charge in [0.15, 0.2) is 4.47 Å². The largest absolute Gasteiger partial charge is 0.225 e. The zero-order valence-corrected chi connectivity index (χ0v) is 10.6. The molecule has 0 spiro atoms. The van der Waals surface area contributed by atoms with Crippen molar-refractivity contribution in [3.8, 4) is 11.3 Å². The molecule has 14 heavy (non-hydrogen) atoms. The van der Waals surface area contributed by atoms with E-state index >= 15 is 0 Å². The molecular weight excluding hydrogens is 282 g/mol. The summed E-state index contributed by atoms with van der Waals surface area (Å²) in [6.07, 6.45) is 0. The lowest BCUT2D eigenvalue weighted by Gasteiger charge is -1.98. The van der Waals surface area contributed by atoms with Crippen molar-refractivity contribution in [1.82, 2.24) is 4.98 Å². The molecule has 0 radical (unpaired) electrons. The minimum atomic E-state index is 0.595. The van der Waals surface area contributed by atoms with Crippen molar-refractivity contribution in [1.29, 1.82) is 0 Å². The summed E-state index contributed by atoms with van der Waals surface area (Å²) in [4.78, 5) is 5.43. The second kappa shape index (κ2) is 4.01. The molecule has 1 aromatic heterocycles. The van der Waals surface area contributed by atoms with Crippen LogP contribution in [0.15, 0.2) is 28.7 Å². The summed E-state index contributed by atoms with van der Waals surface area (Å²) in [6.45, 7) is 2.03. The Balaban J connectivity index is 2.54. The van der Waals surface area contributed by atoms with Crippen LogP contribution in [-0.4, -0.2) is 4.98 Å². The molecule has 0 bridgehead atoms. The third kappa shape index (κ3) is 2.00. The van der Waals surface area contributed by atoms with Gasteiger partial charge in [0.25, 0.3) is 0 Å². The van der Waals surface area contributed by atoms with E-state index in [0.717, 1.165) is 20.6 Å². The second-order valence-electron chi connectivity index (χ2n) is 2.88.